The summed E-state index contributed by atoms with van der Waals surface area (Å²) in [6.45, 7) is 1.61. The number of nitrogens with zero attached hydrogens (tertiary/aromatic N) is 5. The zero-order chi connectivity index (χ0) is 25.7. The van der Waals surface area contributed by atoms with E-state index in [1.165, 1.54) is 23.1 Å². The van der Waals surface area contributed by atoms with Crippen LogP contribution in [0.1, 0.15) is 47.0 Å². The van der Waals surface area contributed by atoms with Crippen molar-refractivity contribution < 1.29 is 13.2 Å². The third kappa shape index (κ3) is 4.43. The van der Waals surface area contributed by atoms with Crippen molar-refractivity contribution in [3.05, 3.63) is 95.2 Å². The lowest BCUT2D eigenvalue weighted by Gasteiger charge is -2.10. The maximum Gasteiger partial charge on any atom is 0.435 e. The van der Waals surface area contributed by atoms with Gasteiger partial charge in [0.1, 0.15) is 5.52 Å². The lowest BCUT2D eigenvalue weighted by atomic mass is 9.99. The van der Waals surface area contributed by atoms with Gasteiger partial charge in [-0.2, -0.15) is 18.3 Å². The molecular weight excluding hydrogens is 475 g/mol. The van der Waals surface area contributed by atoms with Crippen LogP contribution in [0.15, 0.2) is 67.0 Å². The van der Waals surface area contributed by atoms with Gasteiger partial charge in [-0.25, -0.2) is 14.6 Å². The van der Waals surface area contributed by atoms with Crippen LogP contribution in [0.5, 0.6) is 0 Å². The van der Waals surface area contributed by atoms with Crippen molar-refractivity contribution >= 4 is 23.2 Å². The molecule has 0 amide bonds. The van der Waals surface area contributed by atoms with E-state index in [4.69, 9.17) is 4.98 Å². The van der Waals surface area contributed by atoms with Gasteiger partial charge in [0.25, 0.3) is 0 Å². The van der Waals surface area contributed by atoms with Gasteiger partial charge < -0.3 is 4.57 Å². The molecular formula is C29H24F3N5. The molecule has 0 atom stereocenters. The Hall–Kier alpha value is -4.20. The van der Waals surface area contributed by atoms with Crippen molar-refractivity contribution in [2.75, 3.05) is 0 Å². The van der Waals surface area contributed by atoms with E-state index in [9.17, 15) is 13.2 Å². The maximum absolute atomic E-state index is 13.0. The standard InChI is InChI=1S/C29H24F3N5/c1-18-15-26(29(30,31)32)35-37(18)22-13-8-19(9-14-22)7-12-21-16-25-28(33-17-36(25)2)27(34-21)24-6-4-3-5-23(24)20-10-11-20/h3-9,12-17,20H,10-11H2,1-2H3/b12-7+. The molecule has 1 aliphatic carbocycles. The van der Waals surface area contributed by atoms with Crippen molar-refractivity contribution in [2.24, 2.45) is 7.05 Å². The highest BCUT2D eigenvalue weighted by Gasteiger charge is 2.34. The third-order valence-electron chi connectivity index (χ3n) is 6.73. The van der Waals surface area contributed by atoms with Crippen molar-refractivity contribution in [2.45, 2.75) is 31.9 Å². The minimum atomic E-state index is -4.47. The fourth-order valence-electron chi connectivity index (χ4n) is 4.67. The third-order valence-corrected chi connectivity index (χ3v) is 6.73. The number of halogens is 3. The van der Waals surface area contributed by atoms with Gasteiger partial charge in [-0.3, -0.25) is 0 Å². The van der Waals surface area contributed by atoms with E-state index in [1.807, 2.05) is 54.4 Å². The Balaban J connectivity index is 1.33. The summed E-state index contributed by atoms with van der Waals surface area (Å²) >= 11 is 0. The second-order valence-electron chi connectivity index (χ2n) is 9.49. The molecule has 2 aromatic carbocycles. The summed E-state index contributed by atoms with van der Waals surface area (Å²) in [7, 11) is 1.97. The summed E-state index contributed by atoms with van der Waals surface area (Å²) in [5.41, 5.74) is 7.00. The minimum Gasteiger partial charge on any atom is -0.334 e. The molecule has 8 heteroatoms. The number of pyridine rings is 1. The van der Waals surface area contributed by atoms with E-state index in [-0.39, 0.29) is 0 Å². The Labute approximate surface area is 211 Å². The SMILES string of the molecule is Cc1cc(C(F)(F)F)nn1-c1ccc(/C=C/c2cc3c(ncn3C)c(-c3ccccc3C3CC3)n2)cc1. The predicted octanol–water partition coefficient (Wildman–Crippen LogP) is 7.20. The van der Waals surface area contributed by atoms with Gasteiger partial charge in [0.2, 0.25) is 0 Å². The van der Waals surface area contributed by atoms with Gasteiger partial charge in [-0.1, -0.05) is 42.5 Å². The van der Waals surface area contributed by atoms with E-state index in [1.54, 1.807) is 19.1 Å². The summed E-state index contributed by atoms with van der Waals surface area (Å²) < 4.78 is 42.4. The molecule has 1 saturated carbocycles. The first-order valence-corrected chi connectivity index (χ1v) is 12.1. The monoisotopic (exact) mass is 499 g/mol. The topological polar surface area (TPSA) is 48.5 Å². The van der Waals surface area contributed by atoms with E-state index in [2.05, 4.69) is 28.3 Å². The normalized spacial score (nSPS) is 14.2. The highest BCUT2D eigenvalue weighted by Crippen LogP contribution is 2.45. The number of hydrogen-bond donors (Lipinski definition) is 0. The average molecular weight is 500 g/mol. The number of benzene rings is 2. The van der Waals surface area contributed by atoms with Crippen LogP contribution in [0.3, 0.4) is 0 Å². The van der Waals surface area contributed by atoms with Crippen LogP contribution in [-0.2, 0) is 13.2 Å². The van der Waals surface area contributed by atoms with Crippen molar-refractivity contribution in [3.63, 3.8) is 0 Å². The molecule has 6 rings (SSSR count). The fourth-order valence-corrected chi connectivity index (χ4v) is 4.67. The van der Waals surface area contributed by atoms with E-state index >= 15 is 0 Å². The van der Waals surface area contributed by atoms with E-state index in [0.717, 1.165) is 39.6 Å². The molecule has 0 spiro atoms. The van der Waals surface area contributed by atoms with Crippen molar-refractivity contribution in [3.8, 4) is 16.9 Å². The zero-order valence-electron chi connectivity index (χ0n) is 20.4. The first-order valence-electron chi connectivity index (χ1n) is 12.1. The minimum absolute atomic E-state index is 0.420. The molecule has 0 radical (unpaired) electrons. The number of rotatable bonds is 5. The zero-order valence-corrected chi connectivity index (χ0v) is 20.4. The lowest BCUT2D eigenvalue weighted by Crippen LogP contribution is -2.07. The maximum atomic E-state index is 13.0. The molecule has 5 nitrogen and oxygen atoms in total. The molecule has 0 N–H and O–H groups in total. The van der Waals surface area contributed by atoms with Crippen LogP contribution in [-0.4, -0.2) is 24.3 Å². The van der Waals surface area contributed by atoms with Gasteiger partial charge in [-0.05, 0) is 67.2 Å². The number of imidazole rings is 1. The summed E-state index contributed by atoms with van der Waals surface area (Å²) in [5.74, 6) is 0.583. The Morgan fingerprint density at radius 2 is 1.73 bits per heavy atom. The van der Waals surface area contributed by atoms with Crippen LogP contribution in [0.25, 0.3) is 40.1 Å². The van der Waals surface area contributed by atoms with Crippen LogP contribution in [0.4, 0.5) is 13.2 Å². The fraction of sp³-hybridized carbons (Fsp3) is 0.207. The Morgan fingerprint density at radius 1 is 0.973 bits per heavy atom. The molecule has 186 valence electrons. The van der Waals surface area contributed by atoms with Gasteiger partial charge in [0.15, 0.2) is 5.69 Å². The molecule has 3 aromatic heterocycles. The first-order chi connectivity index (χ1) is 17.8. The molecule has 1 aliphatic rings. The van der Waals surface area contributed by atoms with E-state index < -0.39 is 11.9 Å². The number of fused-ring (bicyclic) bond motifs is 1. The average Bonchev–Trinajstić information content (AvgIpc) is 3.56. The van der Waals surface area contributed by atoms with E-state index in [0.29, 0.717) is 17.3 Å². The van der Waals surface area contributed by atoms with Crippen molar-refractivity contribution in [1.29, 1.82) is 0 Å². The van der Waals surface area contributed by atoms with Crippen LogP contribution in [0.2, 0.25) is 0 Å². The summed E-state index contributed by atoms with van der Waals surface area (Å²) in [5, 5.41) is 3.72. The molecule has 0 saturated heterocycles. The van der Waals surface area contributed by atoms with Crippen LogP contribution in [0, 0.1) is 6.92 Å². The quantitative estimate of drug-likeness (QED) is 0.257. The molecule has 0 unspecified atom stereocenters. The molecule has 0 aliphatic heterocycles. The lowest BCUT2D eigenvalue weighted by molar-refractivity contribution is -0.141. The molecule has 5 aromatic rings. The van der Waals surface area contributed by atoms with Gasteiger partial charge in [-0.15, -0.1) is 0 Å². The number of hydrogen-bond acceptors (Lipinski definition) is 3. The highest BCUT2D eigenvalue weighted by molar-refractivity contribution is 5.92. The van der Waals surface area contributed by atoms with Crippen LogP contribution < -0.4 is 0 Å². The summed E-state index contributed by atoms with van der Waals surface area (Å²) in [4.78, 5) is 9.62. The smallest absolute Gasteiger partial charge is 0.334 e. The second kappa shape index (κ2) is 8.73. The Bertz CT molecular complexity index is 1640. The molecule has 3 heterocycles. The predicted molar refractivity (Wildman–Crippen MR) is 138 cm³/mol. The van der Waals surface area contributed by atoms with Crippen molar-refractivity contribution in [1.82, 2.24) is 24.3 Å². The largest absolute Gasteiger partial charge is 0.435 e. The van der Waals surface area contributed by atoms with Crippen LogP contribution >= 0.6 is 0 Å². The number of alkyl halides is 3. The summed E-state index contributed by atoms with van der Waals surface area (Å²) in [6.07, 6.45) is 3.64. The first kappa shape index (κ1) is 23.2. The molecule has 1 fully saturated rings. The van der Waals surface area contributed by atoms with Gasteiger partial charge in [0, 0.05) is 18.3 Å². The molecule has 0 bridgehead atoms. The van der Waals surface area contributed by atoms with Gasteiger partial charge >= 0.3 is 6.18 Å². The summed E-state index contributed by atoms with van der Waals surface area (Å²) in [6, 6.07) is 18.7. The Morgan fingerprint density at radius 3 is 2.43 bits per heavy atom. The number of aromatic nitrogens is 5. The second-order valence-corrected chi connectivity index (χ2v) is 9.49. The Kier molecular flexibility index (Phi) is 5.47. The number of aryl methyl sites for hydroxylation is 2. The van der Waals surface area contributed by atoms with Gasteiger partial charge in [0.05, 0.1) is 28.9 Å². The molecule has 37 heavy (non-hydrogen) atoms. The highest BCUT2D eigenvalue weighted by atomic mass is 19.4.